The van der Waals surface area contributed by atoms with Crippen LogP contribution in [0, 0.1) is 11.8 Å². The first-order valence-corrected chi connectivity index (χ1v) is 30.9. The van der Waals surface area contributed by atoms with E-state index in [4.69, 9.17) is 40.1 Å². The van der Waals surface area contributed by atoms with Crippen LogP contribution in [0.1, 0.15) is 91.5 Å². The highest BCUT2D eigenvalue weighted by molar-refractivity contribution is 7.80. The molecule has 0 aliphatic heterocycles. The molecule has 91 heavy (non-hydrogen) atoms. The van der Waals surface area contributed by atoms with Gasteiger partial charge in [-0.3, -0.25) is 72.3 Å². The van der Waals surface area contributed by atoms with Gasteiger partial charge in [-0.25, -0.2) is 0 Å². The molecule has 0 aliphatic carbocycles. The lowest BCUT2D eigenvalue weighted by atomic mass is 10.0. The summed E-state index contributed by atoms with van der Waals surface area (Å²) in [7, 11) is 0. The molecule has 0 saturated heterocycles. The van der Waals surface area contributed by atoms with Crippen LogP contribution in [-0.4, -0.2) is 198 Å². The second-order valence-corrected chi connectivity index (χ2v) is 22.7. The van der Waals surface area contributed by atoms with Crippen molar-refractivity contribution in [1.82, 2.24) is 58.5 Å². The summed E-state index contributed by atoms with van der Waals surface area (Å²) >= 11 is 12.6. The number of hydrogen-bond donors (Lipinski definition) is 22. The van der Waals surface area contributed by atoms with Gasteiger partial charge in [0, 0.05) is 43.7 Å². The molecule has 0 aliphatic rings. The van der Waals surface area contributed by atoms with E-state index in [1.807, 2.05) is 0 Å². The van der Waals surface area contributed by atoms with E-state index < -0.39 is 162 Å². The first-order chi connectivity index (χ1) is 42.8. The Morgan fingerprint density at radius 3 is 1.27 bits per heavy atom. The van der Waals surface area contributed by atoms with Crippen molar-refractivity contribution < 1.29 is 67.4 Å². The minimum absolute atomic E-state index is 0.0100. The summed E-state index contributed by atoms with van der Waals surface area (Å²) in [6, 6.07) is -7.93. The van der Waals surface area contributed by atoms with Crippen LogP contribution in [0.15, 0.2) is 34.3 Å². The molecule has 0 aromatic heterocycles. The van der Waals surface area contributed by atoms with Crippen LogP contribution in [-0.2, 0) is 68.7 Å². The van der Waals surface area contributed by atoms with Gasteiger partial charge in [-0.2, -0.15) is 37.9 Å². The lowest BCUT2D eigenvalue weighted by molar-refractivity contribution is -0.136. The van der Waals surface area contributed by atoms with E-state index in [9.17, 15) is 67.4 Å². The number of hydrogen-bond acceptors (Lipinski definition) is 20. The maximum absolute atomic E-state index is 14.2. The van der Waals surface area contributed by atoms with Crippen LogP contribution < -0.4 is 98.6 Å². The summed E-state index contributed by atoms with van der Waals surface area (Å²) in [4.78, 5) is 181. The number of guanidine groups is 2. The molecule has 34 nitrogen and oxygen atoms in total. The Bertz CT molecular complexity index is 2700. The second kappa shape index (κ2) is 42.6. The van der Waals surface area contributed by atoms with Gasteiger partial charge in [0.2, 0.25) is 76.8 Å². The zero-order valence-electron chi connectivity index (χ0n) is 51.6. The van der Waals surface area contributed by atoms with Crippen molar-refractivity contribution in [3.63, 3.8) is 0 Å². The number of thiol groups is 3. The molecule has 0 saturated carbocycles. The number of phenolic OH excluding ortho intramolecular Hbond substituents is 1. The lowest BCUT2D eigenvalue weighted by Gasteiger charge is -2.29. The van der Waals surface area contributed by atoms with E-state index in [1.165, 1.54) is 31.2 Å². The van der Waals surface area contributed by atoms with Crippen LogP contribution >= 0.6 is 37.9 Å². The van der Waals surface area contributed by atoms with E-state index in [2.05, 4.69) is 106 Å². The van der Waals surface area contributed by atoms with Crippen LogP contribution in [0.5, 0.6) is 5.75 Å². The number of nitrogens with two attached hydrogens (primary N) is 7. The highest BCUT2D eigenvalue weighted by atomic mass is 32.1. The lowest BCUT2D eigenvalue weighted by Crippen LogP contribution is -2.62. The quantitative estimate of drug-likeness (QED) is 0.0125. The summed E-state index contributed by atoms with van der Waals surface area (Å²) < 4.78 is 0. The summed E-state index contributed by atoms with van der Waals surface area (Å²) in [6.07, 6.45) is 0.0804. The van der Waals surface area contributed by atoms with Crippen molar-refractivity contribution in [3.05, 3.63) is 29.8 Å². The average Bonchev–Trinajstić information content (AvgIpc) is 3.66. The number of primary amides is 2. The number of aliphatic imine (C=N–C) groups is 2. The molecule has 0 radical (unpaired) electrons. The maximum atomic E-state index is 14.2. The van der Waals surface area contributed by atoms with Gasteiger partial charge in [-0.15, -0.1) is 0 Å². The molecule has 0 bridgehead atoms. The topological polar surface area (TPSA) is 581 Å². The fourth-order valence-electron chi connectivity index (χ4n) is 8.36. The molecule has 0 heterocycles. The number of carbonyl (C=O) groups excluding carboxylic acids is 13. The Balaban J connectivity index is 3.31. The van der Waals surface area contributed by atoms with Crippen LogP contribution in [0.4, 0.5) is 0 Å². The molecule has 13 amide bonds. The third-order valence-corrected chi connectivity index (χ3v) is 14.3. The van der Waals surface area contributed by atoms with Crippen LogP contribution in [0.3, 0.4) is 0 Å². The Kier molecular flexibility index (Phi) is 37.8. The van der Waals surface area contributed by atoms with Gasteiger partial charge in [0.25, 0.3) is 0 Å². The second-order valence-electron chi connectivity index (χ2n) is 21.6. The SMILES string of the molecule is CC(=O)N[C@@H](Cc1ccc(O)cc1)C(=O)N[C@@H](CS)C(=O)N[C@@H](CC(N)=O)C(=O)NCC(=O)N[C@@H](CCCCN)C(=O)N[C@@H](CCCN=C(N)N)C(=O)N[C@H](C(=O)N[C@@H](CS)C(=O)N[C@H](C(=O)N[C@@H](CS)C(=O)N[C@@H](CCCN=C(N)N)C(N)=O)C(C)C)C(C)C. The minimum Gasteiger partial charge on any atom is -0.508 e. The maximum Gasteiger partial charge on any atom is 0.244 e. The normalized spacial score (nSPS) is 14.2. The number of unbranched alkanes of at least 4 members (excludes halogenated alkanes) is 1. The van der Waals surface area contributed by atoms with Crippen LogP contribution in [0.25, 0.3) is 0 Å². The number of phenols is 1. The number of aromatic hydroxyl groups is 1. The first-order valence-electron chi connectivity index (χ1n) is 29.0. The Morgan fingerprint density at radius 2 is 0.846 bits per heavy atom. The Hall–Kier alpha value is -8.32. The molecule has 1 rings (SSSR count). The van der Waals surface area contributed by atoms with Gasteiger partial charge in [-0.1, -0.05) is 39.8 Å². The smallest absolute Gasteiger partial charge is 0.244 e. The van der Waals surface area contributed by atoms with E-state index in [1.54, 1.807) is 27.7 Å². The minimum atomic E-state index is -1.71. The van der Waals surface area contributed by atoms with Gasteiger partial charge in [0.05, 0.1) is 13.0 Å². The fraction of sp³-hybridized carbons (Fsp3) is 0.611. The van der Waals surface area contributed by atoms with Crippen molar-refractivity contribution >= 4 is 127 Å². The van der Waals surface area contributed by atoms with E-state index >= 15 is 0 Å². The zero-order valence-corrected chi connectivity index (χ0v) is 54.3. The summed E-state index contributed by atoms with van der Waals surface area (Å²) in [6.45, 7) is 7.03. The monoisotopic (exact) mass is 1340 g/mol. The number of carbonyl (C=O) groups is 13. The molecule has 37 heteroatoms. The van der Waals surface area contributed by atoms with Crippen molar-refractivity contribution in [1.29, 1.82) is 0 Å². The van der Waals surface area contributed by atoms with Crippen molar-refractivity contribution in [2.24, 2.45) is 62.0 Å². The predicted molar refractivity (Wildman–Crippen MR) is 347 cm³/mol. The molecule has 1 aromatic rings. The van der Waals surface area contributed by atoms with Gasteiger partial charge in [0.1, 0.15) is 66.2 Å². The third-order valence-electron chi connectivity index (χ3n) is 13.3. The average molecular weight is 1340 g/mol. The van der Waals surface area contributed by atoms with Crippen molar-refractivity contribution in [3.8, 4) is 5.75 Å². The number of amides is 13. The number of rotatable bonds is 43. The van der Waals surface area contributed by atoms with E-state index in [0.717, 1.165) is 0 Å². The van der Waals surface area contributed by atoms with E-state index in [-0.39, 0.29) is 99.5 Å². The highest BCUT2D eigenvalue weighted by Gasteiger charge is 2.36. The largest absolute Gasteiger partial charge is 0.508 e. The van der Waals surface area contributed by atoms with Gasteiger partial charge < -0.3 is 104 Å². The number of nitrogens with one attached hydrogen (secondary N) is 11. The van der Waals surface area contributed by atoms with E-state index in [0.29, 0.717) is 12.0 Å². The molecule has 10 atom stereocenters. The van der Waals surface area contributed by atoms with Gasteiger partial charge in [0.15, 0.2) is 11.9 Å². The number of benzene rings is 1. The third kappa shape index (κ3) is 31.8. The molecule has 0 fully saturated rings. The molecule has 26 N–H and O–H groups in total. The Morgan fingerprint density at radius 1 is 0.462 bits per heavy atom. The number of nitrogens with zero attached hydrogens (tertiary/aromatic N) is 2. The molecule has 0 unspecified atom stereocenters. The fourth-order valence-corrected chi connectivity index (χ4v) is 9.14. The zero-order chi connectivity index (χ0) is 69.1. The molecule has 0 spiro atoms. The predicted octanol–water partition coefficient (Wildman–Crippen LogP) is -7.38. The summed E-state index contributed by atoms with van der Waals surface area (Å²) in [5.74, 6) is -14.1. The first kappa shape index (κ1) is 80.7. The Labute approximate surface area is 544 Å². The van der Waals surface area contributed by atoms with Crippen molar-refractivity contribution in [2.45, 2.75) is 153 Å². The van der Waals surface area contributed by atoms with Gasteiger partial charge >= 0.3 is 0 Å². The molecule has 510 valence electrons. The van der Waals surface area contributed by atoms with Crippen LogP contribution in [0.2, 0.25) is 0 Å². The van der Waals surface area contributed by atoms with Crippen molar-refractivity contribution in [2.75, 3.05) is 43.4 Å². The summed E-state index contributed by atoms with van der Waals surface area (Å²) in [5, 5.41) is 37.0. The summed E-state index contributed by atoms with van der Waals surface area (Å²) in [5.41, 5.74) is 38.9. The standard InChI is InChI=1S/C54H92N20O14S3/c1-26(2)41(51(87)72-38(25-91)50(86)74-42(27(3)4)52(88)71-37(24-90)48(84)67-31(43(57)79)11-8-18-62-53(58)59)73-46(82)33(12-9-19-63-54(60)61)68-45(81)32(10-6-7-17-55)66-40(78)22-64-44(80)35(21-39(56)77)69-49(85)36(23-89)70-47(83)34(65-28(5)75)20-29-13-15-30(76)16-14-29/h13-16,26-27,31-38,41-42,76,89-91H,6-12,17-25,55H2,1-5H3,(H2,56,77)(H2,57,79)(H,64,80)(H,65,75)(H,66,78)(H,67,84)(H,68,81)(H,69,85)(H,70,83)(H,71,88)(H,72,87)(H,73,82)(H,74,86)(H4,58,59,62)(H4,60,61,63)/t31-,32-,33-,34-,35-,36-,37-,38-,41-,42-/m0/s1. The highest BCUT2D eigenvalue weighted by Crippen LogP contribution is 2.14. The molecular weight excluding hydrogens is 1250 g/mol. The molecular formula is C54H92N20O14S3. The molecule has 1 aromatic carbocycles. The van der Waals surface area contributed by atoms with Gasteiger partial charge in [-0.05, 0) is 81.0 Å².